The molecule has 1 atom stereocenters. The minimum atomic E-state index is -0.189. The number of carbonyl (C=O) groups excluding carboxylic acids is 1. The number of hydrogen-bond donors (Lipinski definition) is 0. The van der Waals surface area contributed by atoms with Gasteiger partial charge in [0.1, 0.15) is 5.82 Å². The van der Waals surface area contributed by atoms with E-state index in [1.54, 1.807) is 12.1 Å². The first-order valence-corrected chi connectivity index (χ1v) is 9.30. The number of rotatable bonds is 5. The Bertz CT molecular complexity index is 664. The first-order valence-electron chi connectivity index (χ1n) is 9.30. The van der Waals surface area contributed by atoms with Crippen molar-refractivity contribution in [3.05, 3.63) is 41.7 Å². The van der Waals surface area contributed by atoms with Crippen LogP contribution in [0.2, 0.25) is 0 Å². The predicted molar refractivity (Wildman–Crippen MR) is 98.0 cm³/mol. The molecule has 1 unspecified atom stereocenters. The van der Waals surface area contributed by atoms with E-state index in [1.807, 2.05) is 11.8 Å². The van der Waals surface area contributed by atoms with Crippen molar-refractivity contribution in [2.45, 2.75) is 51.9 Å². The minimum Gasteiger partial charge on any atom is -0.449 e. The number of likely N-dealkylation sites (tertiary alicyclic amines) is 1. The van der Waals surface area contributed by atoms with Gasteiger partial charge in [-0.15, -0.1) is 0 Å². The molecule has 0 radical (unpaired) electrons. The molecule has 1 amide bonds. The van der Waals surface area contributed by atoms with Crippen molar-refractivity contribution in [3.8, 4) is 0 Å². The Kier molecular flexibility index (Phi) is 5.16. The monoisotopic (exact) mass is 345 g/mol. The lowest BCUT2D eigenvalue weighted by molar-refractivity contribution is -0.000719. The minimum absolute atomic E-state index is 0.183. The Balaban J connectivity index is 1.58. The number of amides is 1. The lowest BCUT2D eigenvalue weighted by atomic mass is 9.77. The van der Waals surface area contributed by atoms with Crippen LogP contribution in [0.15, 0.2) is 24.8 Å². The maximum Gasteiger partial charge on any atom is 0.409 e. The van der Waals surface area contributed by atoms with Crippen molar-refractivity contribution in [2.24, 2.45) is 5.41 Å². The summed E-state index contributed by atoms with van der Waals surface area (Å²) < 4.78 is 19.2. The van der Waals surface area contributed by atoms with Crippen molar-refractivity contribution in [3.63, 3.8) is 0 Å². The van der Waals surface area contributed by atoms with Gasteiger partial charge in [0.15, 0.2) is 0 Å². The highest BCUT2D eigenvalue weighted by Crippen LogP contribution is 2.52. The third-order valence-electron chi connectivity index (χ3n) is 5.62. The number of unbranched alkanes of at least 4 members (excludes halogenated alkanes) is 1. The third-order valence-corrected chi connectivity index (χ3v) is 5.62. The molecule has 0 bridgehead atoms. The largest absolute Gasteiger partial charge is 0.449 e. The van der Waals surface area contributed by atoms with E-state index >= 15 is 0 Å². The molecule has 2 fully saturated rings. The molecule has 1 saturated heterocycles. The fourth-order valence-electron chi connectivity index (χ4n) is 4.16. The number of hydrogen-bond acceptors (Lipinski definition) is 2. The highest BCUT2D eigenvalue weighted by Gasteiger charge is 2.50. The summed E-state index contributed by atoms with van der Waals surface area (Å²) in [6.07, 6.45) is 4.92. The van der Waals surface area contributed by atoms with Gasteiger partial charge in [-0.2, -0.15) is 0 Å². The average Bonchev–Trinajstić information content (AvgIpc) is 2.98. The van der Waals surface area contributed by atoms with Gasteiger partial charge in [-0.05, 0) is 61.8 Å². The molecule has 1 aromatic rings. The van der Waals surface area contributed by atoms with E-state index in [1.165, 1.54) is 0 Å². The van der Waals surface area contributed by atoms with Gasteiger partial charge in [0.25, 0.3) is 0 Å². The molecule has 1 aromatic carbocycles. The van der Waals surface area contributed by atoms with Gasteiger partial charge >= 0.3 is 6.09 Å². The summed E-state index contributed by atoms with van der Waals surface area (Å²) in [4.78, 5) is 13.8. The summed E-state index contributed by atoms with van der Waals surface area (Å²) in [6.45, 7) is 9.97. The molecule has 2 aliphatic rings. The summed E-state index contributed by atoms with van der Waals surface area (Å²) in [6, 6.07) is 5.28. The molecule has 1 aliphatic carbocycles. The summed E-state index contributed by atoms with van der Waals surface area (Å²) in [5.74, 6) is 0.179. The molecule has 3 rings (SSSR count). The highest BCUT2D eigenvalue weighted by atomic mass is 19.1. The van der Waals surface area contributed by atoms with Crippen LogP contribution in [0.5, 0.6) is 0 Å². The van der Waals surface area contributed by atoms with Crippen LogP contribution >= 0.6 is 0 Å². The van der Waals surface area contributed by atoms with Gasteiger partial charge in [-0.25, -0.2) is 9.18 Å². The summed E-state index contributed by atoms with van der Waals surface area (Å²) >= 11 is 0. The van der Waals surface area contributed by atoms with Gasteiger partial charge in [0.2, 0.25) is 0 Å². The van der Waals surface area contributed by atoms with Gasteiger partial charge in [0, 0.05) is 18.5 Å². The van der Waals surface area contributed by atoms with Gasteiger partial charge in [-0.1, -0.05) is 31.6 Å². The van der Waals surface area contributed by atoms with Crippen LogP contribution in [0, 0.1) is 11.2 Å². The van der Waals surface area contributed by atoms with Crippen molar-refractivity contribution in [1.82, 2.24) is 4.90 Å². The Hall–Kier alpha value is -1.84. The van der Waals surface area contributed by atoms with Crippen molar-refractivity contribution >= 4 is 11.7 Å². The van der Waals surface area contributed by atoms with E-state index in [2.05, 4.69) is 19.6 Å². The Morgan fingerprint density at radius 2 is 2.16 bits per heavy atom. The second kappa shape index (κ2) is 7.19. The van der Waals surface area contributed by atoms with E-state index in [-0.39, 0.29) is 17.3 Å². The lowest BCUT2D eigenvalue weighted by Gasteiger charge is -2.47. The van der Waals surface area contributed by atoms with Gasteiger partial charge < -0.3 is 9.64 Å². The van der Waals surface area contributed by atoms with Crippen LogP contribution in [0.4, 0.5) is 9.18 Å². The van der Waals surface area contributed by atoms with Crippen LogP contribution in [0.1, 0.15) is 63.0 Å². The Labute approximate surface area is 149 Å². The quantitative estimate of drug-likeness (QED) is 0.672. The molecule has 136 valence electrons. The maximum absolute atomic E-state index is 13.9. The van der Waals surface area contributed by atoms with E-state index in [9.17, 15) is 9.18 Å². The fraction of sp³-hybridized carbons (Fsp3) is 0.571. The van der Waals surface area contributed by atoms with E-state index in [4.69, 9.17) is 4.74 Å². The molecule has 3 nitrogen and oxygen atoms in total. The van der Waals surface area contributed by atoms with Crippen LogP contribution in [-0.2, 0) is 4.74 Å². The third kappa shape index (κ3) is 3.88. The first kappa shape index (κ1) is 18.0. The summed E-state index contributed by atoms with van der Waals surface area (Å²) in [5, 5.41) is 0. The number of ether oxygens (including phenoxy) is 1. The van der Waals surface area contributed by atoms with Crippen molar-refractivity contribution < 1.29 is 13.9 Å². The molecule has 0 aromatic heterocycles. The zero-order valence-electron chi connectivity index (χ0n) is 15.3. The second-order valence-electron chi connectivity index (χ2n) is 7.82. The molecule has 4 heteroatoms. The lowest BCUT2D eigenvalue weighted by Crippen LogP contribution is -2.57. The number of benzene rings is 1. The smallest absolute Gasteiger partial charge is 0.409 e. The highest BCUT2D eigenvalue weighted by molar-refractivity contribution is 5.69. The molecule has 1 saturated carbocycles. The van der Waals surface area contributed by atoms with E-state index in [0.717, 1.165) is 61.9 Å². The predicted octanol–water partition coefficient (Wildman–Crippen LogP) is 5.37. The number of allylic oxidation sites excluding steroid dienone is 1. The van der Waals surface area contributed by atoms with Crippen LogP contribution < -0.4 is 0 Å². The molecule has 0 N–H and O–H groups in total. The van der Waals surface area contributed by atoms with Crippen molar-refractivity contribution in [2.75, 3.05) is 19.7 Å². The summed E-state index contributed by atoms with van der Waals surface area (Å²) in [7, 11) is 0. The number of nitrogens with zero attached hydrogens (tertiary/aromatic N) is 1. The number of halogens is 1. The number of carbonyl (C=O) groups is 1. The average molecular weight is 345 g/mol. The molecule has 1 heterocycles. The van der Waals surface area contributed by atoms with E-state index < -0.39 is 0 Å². The second-order valence-corrected chi connectivity index (χ2v) is 7.82. The van der Waals surface area contributed by atoms with Gasteiger partial charge in [-0.3, -0.25) is 0 Å². The van der Waals surface area contributed by atoms with Crippen molar-refractivity contribution in [1.29, 1.82) is 0 Å². The molecule has 1 spiro atoms. The van der Waals surface area contributed by atoms with Crippen LogP contribution in [0.25, 0.3) is 5.57 Å². The molecular weight excluding hydrogens is 317 g/mol. The molecular formula is C21H28FNO2. The topological polar surface area (TPSA) is 29.5 Å². The molecule has 25 heavy (non-hydrogen) atoms. The van der Waals surface area contributed by atoms with E-state index in [0.29, 0.717) is 12.5 Å². The molecule has 1 aliphatic heterocycles. The SMILES string of the molecule is C=C(C)c1cc(F)cc(C2CCC3(C2)CN(C(=O)OCCCC)C3)c1. The first-order chi connectivity index (χ1) is 11.9. The van der Waals surface area contributed by atoms with Gasteiger partial charge in [0.05, 0.1) is 6.61 Å². The fourth-order valence-corrected chi connectivity index (χ4v) is 4.16. The maximum atomic E-state index is 13.9. The Morgan fingerprint density at radius 1 is 1.40 bits per heavy atom. The van der Waals surface area contributed by atoms with Crippen LogP contribution in [0.3, 0.4) is 0 Å². The zero-order chi connectivity index (χ0) is 18.0. The zero-order valence-corrected chi connectivity index (χ0v) is 15.3. The van der Waals surface area contributed by atoms with Crippen LogP contribution in [-0.4, -0.2) is 30.7 Å². The normalized spacial score (nSPS) is 21.2. The Morgan fingerprint density at radius 3 is 2.84 bits per heavy atom. The standard InChI is InChI=1S/C21H28FNO2/c1-4-5-8-25-20(24)23-13-21(14-23)7-6-16(12-21)18-9-17(15(2)3)10-19(22)11-18/h9-11,16H,2,4-8,12-14H2,1,3H3. The summed E-state index contributed by atoms with van der Waals surface area (Å²) in [5.41, 5.74) is 3.03.